The van der Waals surface area contributed by atoms with Gasteiger partial charge in [0.05, 0.1) is 30.6 Å². The fraction of sp³-hybridized carbons (Fsp3) is 0.571. The van der Waals surface area contributed by atoms with Crippen LogP contribution in [-0.4, -0.2) is 41.9 Å². The van der Waals surface area contributed by atoms with Gasteiger partial charge in [-0.3, -0.25) is 4.98 Å². The summed E-state index contributed by atoms with van der Waals surface area (Å²) >= 11 is 0. The first-order valence-corrected chi connectivity index (χ1v) is 6.60. The van der Waals surface area contributed by atoms with Gasteiger partial charge in [-0.2, -0.15) is 0 Å². The van der Waals surface area contributed by atoms with Gasteiger partial charge >= 0.3 is 5.97 Å². The van der Waals surface area contributed by atoms with Crippen molar-refractivity contribution < 1.29 is 14.6 Å². The van der Waals surface area contributed by atoms with Crippen molar-refractivity contribution in [3.63, 3.8) is 0 Å². The average molecular weight is 264 g/mol. The highest BCUT2D eigenvalue weighted by Gasteiger charge is 2.27. The Labute approximate surface area is 113 Å². The highest BCUT2D eigenvalue weighted by atomic mass is 16.5. The van der Waals surface area contributed by atoms with Crippen LogP contribution in [0.2, 0.25) is 0 Å². The quantitative estimate of drug-likeness (QED) is 0.904. The number of morpholine rings is 1. The number of anilines is 1. The van der Waals surface area contributed by atoms with Crippen molar-refractivity contribution in [2.24, 2.45) is 0 Å². The van der Waals surface area contributed by atoms with E-state index in [0.29, 0.717) is 24.5 Å². The van der Waals surface area contributed by atoms with Crippen molar-refractivity contribution in [2.75, 3.05) is 24.7 Å². The number of nitrogens with zero attached hydrogens (tertiary/aromatic N) is 2. The Morgan fingerprint density at radius 1 is 1.58 bits per heavy atom. The molecule has 0 aliphatic carbocycles. The molecule has 1 N–H and O–H groups in total. The predicted molar refractivity (Wildman–Crippen MR) is 72.9 cm³/mol. The predicted octanol–water partition coefficient (Wildman–Crippen LogP) is 2.01. The van der Waals surface area contributed by atoms with Crippen molar-refractivity contribution in [3.05, 3.63) is 23.0 Å². The molecule has 1 atom stereocenters. The minimum Gasteiger partial charge on any atom is -0.478 e. The number of aromatic carboxylic acids is 1. The molecule has 0 amide bonds. The Kier molecular flexibility index (Phi) is 4.04. The third-order valence-corrected chi connectivity index (χ3v) is 3.53. The first kappa shape index (κ1) is 13.8. The Morgan fingerprint density at radius 3 is 2.95 bits per heavy atom. The van der Waals surface area contributed by atoms with E-state index >= 15 is 0 Å². The molecular formula is C14H20N2O3. The molecule has 2 heterocycles. The van der Waals surface area contributed by atoms with E-state index in [2.05, 4.69) is 16.8 Å². The lowest BCUT2D eigenvalue weighted by atomic mass is 10.1. The van der Waals surface area contributed by atoms with Crippen molar-refractivity contribution in [3.8, 4) is 0 Å². The van der Waals surface area contributed by atoms with E-state index in [1.165, 1.54) is 0 Å². The van der Waals surface area contributed by atoms with E-state index in [-0.39, 0.29) is 6.04 Å². The van der Waals surface area contributed by atoms with Gasteiger partial charge in [0.1, 0.15) is 5.56 Å². The van der Waals surface area contributed by atoms with Gasteiger partial charge < -0.3 is 14.7 Å². The summed E-state index contributed by atoms with van der Waals surface area (Å²) in [5.41, 5.74) is 2.50. The lowest BCUT2D eigenvalue weighted by Gasteiger charge is -2.37. The molecule has 5 heteroatoms. The van der Waals surface area contributed by atoms with Crippen molar-refractivity contribution in [1.82, 2.24) is 4.98 Å². The van der Waals surface area contributed by atoms with E-state index in [1.54, 1.807) is 6.92 Å². The van der Waals surface area contributed by atoms with Gasteiger partial charge in [0.25, 0.3) is 0 Å². The number of rotatable bonds is 3. The second-order valence-corrected chi connectivity index (χ2v) is 4.88. The summed E-state index contributed by atoms with van der Waals surface area (Å²) < 4.78 is 5.48. The number of hydrogen-bond donors (Lipinski definition) is 1. The molecular weight excluding hydrogens is 244 g/mol. The largest absolute Gasteiger partial charge is 0.478 e. The second-order valence-electron chi connectivity index (χ2n) is 4.88. The maximum Gasteiger partial charge on any atom is 0.339 e. The summed E-state index contributed by atoms with van der Waals surface area (Å²) in [6.07, 6.45) is 0.930. The maximum atomic E-state index is 11.5. The van der Waals surface area contributed by atoms with E-state index in [0.717, 1.165) is 24.3 Å². The van der Waals surface area contributed by atoms with E-state index in [4.69, 9.17) is 4.74 Å². The zero-order valence-corrected chi connectivity index (χ0v) is 11.6. The molecule has 1 aliphatic heterocycles. The molecule has 0 spiro atoms. The topological polar surface area (TPSA) is 62.7 Å². The number of hydrogen-bond acceptors (Lipinski definition) is 4. The lowest BCUT2D eigenvalue weighted by molar-refractivity contribution is 0.0692. The molecule has 2 rings (SSSR count). The summed E-state index contributed by atoms with van der Waals surface area (Å²) in [5, 5.41) is 9.43. The summed E-state index contributed by atoms with van der Waals surface area (Å²) in [6.45, 7) is 7.74. The highest BCUT2D eigenvalue weighted by Crippen LogP contribution is 2.28. The highest BCUT2D eigenvalue weighted by molar-refractivity contribution is 5.95. The smallest absolute Gasteiger partial charge is 0.339 e. The summed E-state index contributed by atoms with van der Waals surface area (Å²) in [4.78, 5) is 17.9. The fourth-order valence-electron chi connectivity index (χ4n) is 2.61. The first-order valence-electron chi connectivity index (χ1n) is 6.60. The number of carboxylic acids is 1. The number of pyridine rings is 1. The van der Waals surface area contributed by atoms with Gasteiger partial charge in [0, 0.05) is 12.2 Å². The van der Waals surface area contributed by atoms with Crippen LogP contribution >= 0.6 is 0 Å². The van der Waals surface area contributed by atoms with Gasteiger partial charge in [-0.1, -0.05) is 6.92 Å². The average Bonchev–Trinajstić information content (AvgIpc) is 2.37. The summed E-state index contributed by atoms with van der Waals surface area (Å²) in [7, 11) is 0. The van der Waals surface area contributed by atoms with Crippen LogP contribution in [0.1, 0.15) is 35.1 Å². The van der Waals surface area contributed by atoms with E-state index < -0.39 is 5.97 Å². The number of ether oxygens (including phenoxy) is 1. The molecule has 1 aromatic rings. The molecule has 1 aliphatic rings. The van der Waals surface area contributed by atoms with Crippen LogP contribution in [0.3, 0.4) is 0 Å². The van der Waals surface area contributed by atoms with Crippen molar-refractivity contribution in [2.45, 2.75) is 33.2 Å². The minimum absolute atomic E-state index is 0.230. The zero-order valence-electron chi connectivity index (χ0n) is 11.6. The van der Waals surface area contributed by atoms with Gasteiger partial charge in [-0.15, -0.1) is 0 Å². The standard InChI is InChI=1S/C14H20N2O3/c1-4-11-8-19-6-5-16(11)12-7-9(2)15-10(3)13(12)14(17)18/h7,11H,4-6,8H2,1-3H3,(H,17,18). The molecule has 1 aromatic heterocycles. The lowest BCUT2D eigenvalue weighted by Crippen LogP contribution is -2.46. The molecule has 104 valence electrons. The van der Waals surface area contributed by atoms with Crippen LogP contribution in [-0.2, 0) is 4.74 Å². The third kappa shape index (κ3) is 2.71. The van der Waals surface area contributed by atoms with Crippen molar-refractivity contribution >= 4 is 11.7 Å². The van der Waals surface area contributed by atoms with Gasteiger partial charge in [-0.05, 0) is 26.3 Å². The zero-order chi connectivity index (χ0) is 14.0. The maximum absolute atomic E-state index is 11.5. The van der Waals surface area contributed by atoms with Crippen LogP contribution in [0.4, 0.5) is 5.69 Å². The molecule has 0 bridgehead atoms. The summed E-state index contributed by atoms with van der Waals surface area (Å²) in [5.74, 6) is -0.915. The molecule has 5 nitrogen and oxygen atoms in total. The molecule has 19 heavy (non-hydrogen) atoms. The first-order chi connectivity index (χ1) is 9.04. The summed E-state index contributed by atoms with van der Waals surface area (Å²) in [6, 6.07) is 2.10. The number of carbonyl (C=O) groups is 1. The molecule has 1 unspecified atom stereocenters. The SMILES string of the molecule is CCC1COCCN1c1cc(C)nc(C)c1C(=O)O. The second kappa shape index (κ2) is 5.57. The molecule has 1 fully saturated rings. The van der Waals surface area contributed by atoms with E-state index in [9.17, 15) is 9.90 Å². The van der Waals surface area contributed by atoms with Crippen LogP contribution < -0.4 is 4.90 Å². The molecule has 0 radical (unpaired) electrons. The van der Waals surface area contributed by atoms with Crippen LogP contribution in [0.15, 0.2) is 6.07 Å². The Morgan fingerprint density at radius 2 is 2.32 bits per heavy atom. The number of aromatic nitrogens is 1. The fourth-order valence-corrected chi connectivity index (χ4v) is 2.61. The number of aryl methyl sites for hydroxylation is 2. The molecule has 0 aromatic carbocycles. The van der Waals surface area contributed by atoms with Gasteiger partial charge in [0.2, 0.25) is 0 Å². The normalized spacial score (nSPS) is 19.5. The third-order valence-electron chi connectivity index (χ3n) is 3.53. The number of carboxylic acid groups (broad SMARTS) is 1. The Bertz CT molecular complexity index is 488. The van der Waals surface area contributed by atoms with E-state index in [1.807, 2.05) is 13.0 Å². The Hall–Kier alpha value is -1.62. The molecule has 0 saturated carbocycles. The monoisotopic (exact) mass is 264 g/mol. The van der Waals surface area contributed by atoms with Crippen LogP contribution in [0.5, 0.6) is 0 Å². The molecule has 1 saturated heterocycles. The van der Waals surface area contributed by atoms with Crippen LogP contribution in [0.25, 0.3) is 0 Å². The van der Waals surface area contributed by atoms with Gasteiger partial charge in [0.15, 0.2) is 0 Å². The van der Waals surface area contributed by atoms with Crippen LogP contribution in [0, 0.1) is 13.8 Å². The van der Waals surface area contributed by atoms with Gasteiger partial charge in [-0.25, -0.2) is 4.79 Å². The van der Waals surface area contributed by atoms with Crippen molar-refractivity contribution in [1.29, 1.82) is 0 Å². The minimum atomic E-state index is -0.915. The Balaban J connectivity index is 2.50.